The quantitative estimate of drug-likeness (QED) is 0.709. The second-order valence-corrected chi connectivity index (χ2v) is 7.32. The highest BCUT2D eigenvalue weighted by Crippen LogP contribution is 2.21. The van der Waals surface area contributed by atoms with Crippen LogP contribution < -0.4 is 5.32 Å². The number of nitrogens with zero attached hydrogens (tertiary/aromatic N) is 1. The monoisotopic (exact) mass is 356 g/mol. The largest absolute Gasteiger partial charge is 0.389 e. The van der Waals surface area contributed by atoms with Gasteiger partial charge >= 0.3 is 0 Å². The highest BCUT2D eigenvalue weighted by atomic mass is 79.9. The molecule has 1 rings (SSSR count). The van der Waals surface area contributed by atoms with Crippen molar-refractivity contribution < 1.29 is 5.11 Å². The van der Waals surface area contributed by atoms with Crippen LogP contribution in [0.5, 0.6) is 0 Å². The molecule has 120 valence electrons. The van der Waals surface area contributed by atoms with E-state index in [1.165, 1.54) is 5.56 Å². The van der Waals surface area contributed by atoms with E-state index in [4.69, 9.17) is 0 Å². The first-order chi connectivity index (χ1) is 9.81. The molecule has 0 saturated heterocycles. The van der Waals surface area contributed by atoms with Crippen LogP contribution in [0.4, 0.5) is 0 Å². The molecule has 1 atom stereocenters. The zero-order chi connectivity index (χ0) is 15.9. The van der Waals surface area contributed by atoms with Gasteiger partial charge in [0.25, 0.3) is 0 Å². The zero-order valence-electron chi connectivity index (χ0n) is 13.7. The molecule has 0 saturated carbocycles. The Labute approximate surface area is 137 Å². The molecule has 21 heavy (non-hydrogen) atoms. The molecule has 0 aliphatic rings. The van der Waals surface area contributed by atoms with Crippen LogP contribution >= 0.6 is 15.9 Å². The fourth-order valence-electron chi connectivity index (χ4n) is 2.52. The van der Waals surface area contributed by atoms with E-state index in [-0.39, 0.29) is 0 Å². The van der Waals surface area contributed by atoms with Crippen LogP contribution in [-0.4, -0.2) is 42.3 Å². The second kappa shape index (κ2) is 8.89. The Bertz CT molecular complexity index is 417. The summed E-state index contributed by atoms with van der Waals surface area (Å²) in [7, 11) is 2.07. The highest BCUT2D eigenvalue weighted by Gasteiger charge is 2.17. The van der Waals surface area contributed by atoms with Gasteiger partial charge < -0.3 is 15.3 Å². The Morgan fingerprint density at radius 2 is 2.10 bits per heavy atom. The number of likely N-dealkylation sites (N-methyl/N-ethyl adjacent to an activating group) is 1. The smallest absolute Gasteiger partial charge is 0.0718 e. The molecule has 0 aliphatic heterocycles. The first kappa shape index (κ1) is 18.6. The summed E-state index contributed by atoms with van der Waals surface area (Å²) >= 11 is 3.55. The summed E-state index contributed by atoms with van der Waals surface area (Å²) in [5.74, 6) is 0. The number of aliphatic hydroxyl groups is 1. The standard InChI is InChI=1S/C17H29BrN2O/c1-5-10-19-16(14-7-6-8-15(18)12-14)9-11-20(4)13-17(2,3)21/h6-8,12,16,19,21H,5,9-11,13H2,1-4H3. The molecule has 1 unspecified atom stereocenters. The van der Waals surface area contributed by atoms with E-state index in [9.17, 15) is 5.11 Å². The van der Waals surface area contributed by atoms with Gasteiger partial charge in [-0.05, 0) is 64.5 Å². The molecule has 0 heterocycles. The summed E-state index contributed by atoms with van der Waals surface area (Å²) < 4.78 is 1.12. The summed E-state index contributed by atoms with van der Waals surface area (Å²) in [6.45, 7) is 8.55. The van der Waals surface area contributed by atoms with Gasteiger partial charge in [-0.15, -0.1) is 0 Å². The van der Waals surface area contributed by atoms with Gasteiger partial charge in [0, 0.05) is 17.1 Å². The van der Waals surface area contributed by atoms with E-state index in [1.807, 2.05) is 13.8 Å². The Balaban J connectivity index is 2.62. The zero-order valence-corrected chi connectivity index (χ0v) is 15.3. The highest BCUT2D eigenvalue weighted by molar-refractivity contribution is 9.10. The summed E-state index contributed by atoms with van der Waals surface area (Å²) in [5.41, 5.74) is 0.672. The summed E-state index contributed by atoms with van der Waals surface area (Å²) in [6.07, 6.45) is 2.16. The molecule has 0 amide bonds. The Morgan fingerprint density at radius 1 is 1.38 bits per heavy atom. The van der Waals surface area contributed by atoms with Crippen LogP contribution in [0.2, 0.25) is 0 Å². The van der Waals surface area contributed by atoms with Crippen molar-refractivity contribution in [2.45, 2.75) is 45.3 Å². The lowest BCUT2D eigenvalue weighted by atomic mass is 10.0. The Morgan fingerprint density at radius 3 is 2.67 bits per heavy atom. The van der Waals surface area contributed by atoms with E-state index < -0.39 is 5.60 Å². The molecule has 2 N–H and O–H groups in total. The number of nitrogens with one attached hydrogen (secondary N) is 1. The van der Waals surface area contributed by atoms with Crippen LogP contribution in [0.25, 0.3) is 0 Å². The van der Waals surface area contributed by atoms with E-state index in [2.05, 4.69) is 64.4 Å². The molecule has 0 bridgehead atoms. The van der Waals surface area contributed by atoms with E-state index >= 15 is 0 Å². The van der Waals surface area contributed by atoms with Crippen molar-refractivity contribution in [3.63, 3.8) is 0 Å². The third-order valence-electron chi connectivity index (χ3n) is 3.35. The molecule has 1 aromatic rings. The average molecular weight is 357 g/mol. The first-order valence-corrected chi connectivity index (χ1v) is 8.51. The summed E-state index contributed by atoms with van der Waals surface area (Å²) in [4.78, 5) is 2.19. The van der Waals surface area contributed by atoms with E-state index in [1.54, 1.807) is 0 Å². The first-order valence-electron chi connectivity index (χ1n) is 7.71. The number of hydrogen-bond donors (Lipinski definition) is 2. The van der Waals surface area contributed by atoms with Gasteiger partial charge in [0.15, 0.2) is 0 Å². The van der Waals surface area contributed by atoms with Crippen molar-refractivity contribution in [3.05, 3.63) is 34.3 Å². The van der Waals surface area contributed by atoms with E-state index in [0.29, 0.717) is 12.6 Å². The lowest BCUT2D eigenvalue weighted by molar-refractivity contribution is 0.0435. The summed E-state index contributed by atoms with van der Waals surface area (Å²) in [5, 5.41) is 13.5. The molecular weight excluding hydrogens is 328 g/mol. The van der Waals surface area contributed by atoms with Gasteiger partial charge in [0.2, 0.25) is 0 Å². The van der Waals surface area contributed by atoms with Crippen LogP contribution in [0, 0.1) is 0 Å². The molecular formula is C17H29BrN2O. The third-order valence-corrected chi connectivity index (χ3v) is 3.84. The van der Waals surface area contributed by atoms with Gasteiger partial charge in [-0.3, -0.25) is 0 Å². The molecule has 0 radical (unpaired) electrons. The second-order valence-electron chi connectivity index (χ2n) is 6.40. The number of halogens is 1. The summed E-state index contributed by atoms with van der Waals surface area (Å²) in [6, 6.07) is 8.85. The molecule has 3 nitrogen and oxygen atoms in total. The van der Waals surface area contributed by atoms with Crippen molar-refractivity contribution in [1.29, 1.82) is 0 Å². The van der Waals surface area contributed by atoms with Crippen molar-refractivity contribution in [1.82, 2.24) is 10.2 Å². The lowest BCUT2D eigenvalue weighted by Gasteiger charge is -2.27. The van der Waals surface area contributed by atoms with Crippen molar-refractivity contribution >= 4 is 15.9 Å². The molecule has 0 aliphatic carbocycles. The molecule has 4 heteroatoms. The van der Waals surface area contributed by atoms with E-state index in [0.717, 1.165) is 30.4 Å². The fourth-order valence-corrected chi connectivity index (χ4v) is 2.93. The predicted octanol–water partition coefficient (Wildman–Crippen LogP) is 3.58. The third kappa shape index (κ3) is 7.96. The van der Waals surface area contributed by atoms with Gasteiger partial charge in [-0.25, -0.2) is 0 Å². The Kier molecular flexibility index (Phi) is 7.88. The van der Waals surface area contributed by atoms with Crippen LogP contribution in [-0.2, 0) is 0 Å². The van der Waals surface area contributed by atoms with Crippen molar-refractivity contribution in [2.75, 3.05) is 26.7 Å². The van der Waals surface area contributed by atoms with Crippen molar-refractivity contribution in [2.24, 2.45) is 0 Å². The maximum Gasteiger partial charge on any atom is 0.0718 e. The molecule has 1 aromatic carbocycles. The predicted molar refractivity (Wildman–Crippen MR) is 93.6 cm³/mol. The SMILES string of the molecule is CCCNC(CCN(C)CC(C)(C)O)c1cccc(Br)c1. The van der Waals surface area contributed by atoms with Crippen molar-refractivity contribution in [3.8, 4) is 0 Å². The van der Waals surface area contributed by atoms with Gasteiger partial charge in [0.1, 0.15) is 0 Å². The minimum atomic E-state index is -0.642. The number of rotatable bonds is 9. The average Bonchev–Trinajstić information content (AvgIpc) is 2.36. The lowest BCUT2D eigenvalue weighted by Crippen LogP contribution is -2.37. The maximum atomic E-state index is 9.88. The topological polar surface area (TPSA) is 35.5 Å². The van der Waals surface area contributed by atoms with Crippen LogP contribution in [0.3, 0.4) is 0 Å². The number of hydrogen-bond acceptors (Lipinski definition) is 3. The minimum absolute atomic E-state index is 0.353. The Hall–Kier alpha value is -0.420. The molecule has 0 aromatic heterocycles. The maximum absolute atomic E-state index is 9.88. The molecule has 0 spiro atoms. The minimum Gasteiger partial charge on any atom is -0.389 e. The van der Waals surface area contributed by atoms with Gasteiger partial charge in [0.05, 0.1) is 5.60 Å². The molecule has 0 fully saturated rings. The van der Waals surface area contributed by atoms with Gasteiger partial charge in [-0.2, -0.15) is 0 Å². The normalized spacial score (nSPS) is 13.7. The van der Waals surface area contributed by atoms with Gasteiger partial charge in [-0.1, -0.05) is 35.0 Å². The fraction of sp³-hybridized carbons (Fsp3) is 0.647. The number of benzene rings is 1. The van der Waals surface area contributed by atoms with Crippen LogP contribution in [0.15, 0.2) is 28.7 Å². The van der Waals surface area contributed by atoms with Crippen LogP contribution in [0.1, 0.15) is 45.2 Å².